The van der Waals surface area contributed by atoms with Gasteiger partial charge in [0.1, 0.15) is 10.6 Å². The lowest BCUT2D eigenvalue weighted by atomic mass is 10.2. The Hall–Kier alpha value is -1.51. The van der Waals surface area contributed by atoms with E-state index in [1.54, 1.807) is 0 Å². The lowest BCUT2D eigenvalue weighted by Gasteiger charge is -2.21. The molecular formula is C20H21Cl3N2O4S. The molecule has 1 heterocycles. The Morgan fingerprint density at radius 2 is 1.60 bits per heavy atom. The summed E-state index contributed by atoms with van der Waals surface area (Å²) in [6.07, 6.45) is 3.60. The van der Waals surface area contributed by atoms with Gasteiger partial charge in [-0.1, -0.05) is 47.6 Å². The Labute approximate surface area is 191 Å². The predicted molar refractivity (Wildman–Crippen MR) is 120 cm³/mol. The van der Waals surface area contributed by atoms with Gasteiger partial charge in [-0.3, -0.25) is 4.79 Å². The van der Waals surface area contributed by atoms with Crippen molar-refractivity contribution < 1.29 is 17.9 Å². The molecule has 0 saturated carbocycles. The Morgan fingerprint density at radius 1 is 0.967 bits per heavy atom. The molecule has 0 aliphatic carbocycles. The second-order valence-corrected chi connectivity index (χ2v) is 10.0. The van der Waals surface area contributed by atoms with Crippen LogP contribution in [-0.4, -0.2) is 38.8 Å². The van der Waals surface area contributed by atoms with Crippen LogP contribution in [0.1, 0.15) is 36.0 Å². The van der Waals surface area contributed by atoms with Crippen molar-refractivity contribution in [2.24, 2.45) is 0 Å². The molecular weight excluding hydrogens is 471 g/mol. The Morgan fingerprint density at radius 3 is 2.23 bits per heavy atom. The van der Waals surface area contributed by atoms with E-state index in [2.05, 4.69) is 5.32 Å². The van der Waals surface area contributed by atoms with E-state index in [4.69, 9.17) is 39.5 Å². The number of ether oxygens (including phenoxy) is 1. The fourth-order valence-electron chi connectivity index (χ4n) is 3.25. The lowest BCUT2D eigenvalue weighted by Crippen LogP contribution is -2.32. The maximum absolute atomic E-state index is 13.3. The number of methoxy groups -OCH3 is 1. The van der Waals surface area contributed by atoms with Gasteiger partial charge in [0.25, 0.3) is 5.91 Å². The third-order valence-corrected chi connectivity index (χ3v) is 7.82. The number of carbonyl (C=O) groups excluding carboxylic acids is 1. The van der Waals surface area contributed by atoms with Crippen molar-refractivity contribution >= 4 is 56.4 Å². The highest BCUT2D eigenvalue weighted by atomic mass is 35.5. The Kier molecular flexibility index (Phi) is 7.52. The fourth-order valence-corrected chi connectivity index (χ4v) is 5.55. The quantitative estimate of drug-likeness (QED) is 0.563. The van der Waals surface area contributed by atoms with Crippen molar-refractivity contribution in [1.82, 2.24) is 4.31 Å². The van der Waals surface area contributed by atoms with Gasteiger partial charge in [-0.2, -0.15) is 4.31 Å². The minimum absolute atomic E-state index is 0.0419. The molecule has 10 heteroatoms. The Balaban J connectivity index is 1.94. The minimum Gasteiger partial charge on any atom is -0.495 e. The zero-order chi connectivity index (χ0) is 21.9. The summed E-state index contributed by atoms with van der Waals surface area (Å²) in [6.45, 7) is 0.890. The first-order valence-corrected chi connectivity index (χ1v) is 12.0. The van der Waals surface area contributed by atoms with Gasteiger partial charge in [0.15, 0.2) is 0 Å². The zero-order valence-electron chi connectivity index (χ0n) is 16.3. The van der Waals surface area contributed by atoms with Gasteiger partial charge in [0, 0.05) is 18.7 Å². The van der Waals surface area contributed by atoms with Crippen LogP contribution in [0.25, 0.3) is 0 Å². The summed E-state index contributed by atoms with van der Waals surface area (Å²) in [7, 11) is -2.42. The molecule has 2 aromatic rings. The number of nitrogens with one attached hydrogen (secondary N) is 1. The molecule has 0 spiro atoms. The number of hydrogen-bond acceptors (Lipinski definition) is 4. The predicted octanol–water partition coefficient (Wildman–Crippen LogP) is 5.47. The minimum atomic E-state index is -3.81. The van der Waals surface area contributed by atoms with Crippen LogP contribution in [0.5, 0.6) is 5.75 Å². The van der Waals surface area contributed by atoms with E-state index < -0.39 is 15.9 Å². The number of amides is 1. The zero-order valence-corrected chi connectivity index (χ0v) is 19.3. The summed E-state index contributed by atoms with van der Waals surface area (Å²) >= 11 is 18.0. The Bertz CT molecular complexity index is 1050. The highest BCUT2D eigenvalue weighted by Crippen LogP contribution is 2.33. The topological polar surface area (TPSA) is 75.7 Å². The third kappa shape index (κ3) is 5.03. The maximum Gasteiger partial charge on any atom is 0.255 e. The van der Waals surface area contributed by atoms with Crippen molar-refractivity contribution in [2.45, 2.75) is 30.6 Å². The van der Waals surface area contributed by atoms with Crippen molar-refractivity contribution in [1.29, 1.82) is 0 Å². The second-order valence-electron chi connectivity index (χ2n) is 6.88. The van der Waals surface area contributed by atoms with E-state index in [-0.39, 0.29) is 37.0 Å². The van der Waals surface area contributed by atoms with Crippen LogP contribution >= 0.6 is 34.8 Å². The summed E-state index contributed by atoms with van der Waals surface area (Å²) in [6, 6.07) is 7.13. The van der Waals surface area contributed by atoms with E-state index in [9.17, 15) is 13.2 Å². The highest BCUT2D eigenvalue weighted by molar-refractivity contribution is 7.89. The SMILES string of the molecule is COc1ccc(C(=O)Nc2cc(Cl)c(Cl)cc2Cl)cc1S(=O)(=O)N1CCCCCC1. The number of anilines is 1. The first kappa shape index (κ1) is 23.2. The molecule has 0 bridgehead atoms. The van der Waals surface area contributed by atoms with Gasteiger partial charge < -0.3 is 10.1 Å². The van der Waals surface area contributed by atoms with E-state index in [1.165, 1.54) is 41.7 Å². The largest absolute Gasteiger partial charge is 0.495 e. The maximum atomic E-state index is 13.3. The van der Waals surface area contributed by atoms with Crippen LogP contribution in [-0.2, 0) is 10.0 Å². The van der Waals surface area contributed by atoms with Gasteiger partial charge >= 0.3 is 0 Å². The molecule has 0 radical (unpaired) electrons. The number of rotatable bonds is 5. The highest BCUT2D eigenvalue weighted by Gasteiger charge is 2.29. The van der Waals surface area contributed by atoms with Gasteiger partial charge in [-0.15, -0.1) is 0 Å². The molecule has 1 N–H and O–H groups in total. The van der Waals surface area contributed by atoms with Gasteiger partial charge in [-0.25, -0.2) is 8.42 Å². The molecule has 162 valence electrons. The molecule has 0 unspecified atom stereocenters. The van der Waals surface area contributed by atoms with Crippen LogP contribution in [0.3, 0.4) is 0 Å². The molecule has 1 aliphatic rings. The van der Waals surface area contributed by atoms with Crippen molar-refractivity contribution in [3.8, 4) is 5.75 Å². The molecule has 30 heavy (non-hydrogen) atoms. The van der Waals surface area contributed by atoms with E-state index in [0.717, 1.165) is 25.7 Å². The number of carbonyl (C=O) groups is 1. The normalized spacial score (nSPS) is 15.5. The van der Waals surface area contributed by atoms with Crippen molar-refractivity contribution in [3.63, 3.8) is 0 Å². The molecule has 0 atom stereocenters. The number of halogens is 3. The number of hydrogen-bond donors (Lipinski definition) is 1. The van der Waals surface area contributed by atoms with Gasteiger partial charge in [-0.05, 0) is 43.2 Å². The number of nitrogens with zero attached hydrogens (tertiary/aromatic N) is 1. The average Bonchev–Trinajstić information content (AvgIpc) is 3.01. The van der Waals surface area contributed by atoms with Crippen molar-refractivity contribution in [2.75, 3.05) is 25.5 Å². The summed E-state index contributed by atoms with van der Waals surface area (Å²) in [4.78, 5) is 12.7. The second kappa shape index (κ2) is 9.75. The van der Waals surface area contributed by atoms with E-state index in [1.807, 2.05) is 0 Å². The summed E-state index contributed by atoms with van der Waals surface area (Å²) in [5.74, 6) is -0.353. The standard InChI is InChI=1S/C20H21Cl3N2O4S/c1-29-18-7-6-13(20(26)24-17-12-15(22)14(21)11-16(17)23)10-19(18)30(27,28)25-8-4-2-3-5-9-25/h6-7,10-12H,2-5,8-9H2,1H3,(H,24,26). The average molecular weight is 492 g/mol. The van der Waals surface area contributed by atoms with E-state index in [0.29, 0.717) is 13.1 Å². The monoisotopic (exact) mass is 490 g/mol. The van der Waals surface area contributed by atoms with Crippen LogP contribution in [0.2, 0.25) is 15.1 Å². The molecule has 2 aromatic carbocycles. The molecule has 1 aliphatic heterocycles. The smallest absolute Gasteiger partial charge is 0.255 e. The van der Waals surface area contributed by atoms with Crippen LogP contribution < -0.4 is 10.1 Å². The lowest BCUT2D eigenvalue weighted by molar-refractivity contribution is 0.102. The third-order valence-electron chi connectivity index (χ3n) is 4.87. The van der Waals surface area contributed by atoms with Crippen LogP contribution in [0.4, 0.5) is 5.69 Å². The number of sulfonamides is 1. The fraction of sp³-hybridized carbons (Fsp3) is 0.350. The molecule has 1 amide bonds. The molecule has 0 aromatic heterocycles. The van der Waals surface area contributed by atoms with Crippen LogP contribution in [0, 0.1) is 0 Å². The van der Waals surface area contributed by atoms with Gasteiger partial charge in [0.2, 0.25) is 10.0 Å². The molecule has 1 saturated heterocycles. The molecule has 3 rings (SSSR count). The molecule has 1 fully saturated rings. The summed E-state index contributed by atoms with van der Waals surface area (Å²) in [5.41, 5.74) is 0.412. The van der Waals surface area contributed by atoms with E-state index >= 15 is 0 Å². The van der Waals surface area contributed by atoms with Crippen LogP contribution in [0.15, 0.2) is 35.2 Å². The van der Waals surface area contributed by atoms with Crippen molar-refractivity contribution in [3.05, 3.63) is 51.0 Å². The number of benzene rings is 2. The summed E-state index contributed by atoms with van der Waals surface area (Å²) in [5, 5.41) is 3.34. The first-order valence-electron chi connectivity index (χ1n) is 9.38. The first-order chi connectivity index (χ1) is 14.2. The summed E-state index contributed by atoms with van der Waals surface area (Å²) < 4.78 is 33.2. The molecule has 6 nitrogen and oxygen atoms in total. The van der Waals surface area contributed by atoms with Gasteiger partial charge in [0.05, 0.1) is 27.9 Å².